The number of amides is 1. The first-order valence-corrected chi connectivity index (χ1v) is 11.7. The van der Waals surface area contributed by atoms with E-state index < -0.39 is 0 Å². The van der Waals surface area contributed by atoms with Crippen molar-refractivity contribution in [2.75, 3.05) is 19.9 Å². The molecule has 3 heterocycles. The topological polar surface area (TPSA) is 43.7 Å². The van der Waals surface area contributed by atoms with Gasteiger partial charge in [0.05, 0.1) is 0 Å². The van der Waals surface area contributed by atoms with Crippen LogP contribution in [0.2, 0.25) is 0 Å². The van der Waals surface area contributed by atoms with Gasteiger partial charge in [0.2, 0.25) is 6.79 Å². The van der Waals surface area contributed by atoms with E-state index in [0.29, 0.717) is 42.6 Å². The van der Waals surface area contributed by atoms with Crippen LogP contribution in [0.1, 0.15) is 40.2 Å². The highest BCUT2D eigenvalue weighted by atomic mass is 19.1. The van der Waals surface area contributed by atoms with Crippen molar-refractivity contribution in [2.24, 2.45) is 0 Å². The van der Waals surface area contributed by atoms with E-state index in [1.807, 2.05) is 23.1 Å². The fraction of sp³-hybridized carbons (Fsp3) is 0.250. The summed E-state index contributed by atoms with van der Waals surface area (Å²) in [5, 5.41) is 1.24. The minimum absolute atomic E-state index is 0.0327. The van der Waals surface area contributed by atoms with Gasteiger partial charge in [0.15, 0.2) is 11.5 Å². The summed E-state index contributed by atoms with van der Waals surface area (Å²) >= 11 is 0. The summed E-state index contributed by atoms with van der Waals surface area (Å²) in [5.74, 6) is 1.51. The highest BCUT2D eigenvalue weighted by molar-refractivity contribution is 5.95. The Labute approximate surface area is 197 Å². The molecular weight excluding hydrogens is 431 g/mol. The quantitative estimate of drug-likeness (QED) is 0.403. The maximum atomic E-state index is 13.7. The van der Waals surface area contributed by atoms with Crippen LogP contribution in [0.5, 0.6) is 11.5 Å². The average Bonchev–Trinajstić information content (AvgIpc) is 3.48. The van der Waals surface area contributed by atoms with Crippen molar-refractivity contribution in [1.29, 1.82) is 0 Å². The Bertz CT molecular complexity index is 1370. The maximum absolute atomic E-state index is 13.7. The predicted octanol–water partition coefficient (Wildman–Crippen LogP) is 5.58. The van der Waals surface area contributed by atoms with E-state index in [9.17, 15) is 9.18 Å². The number of rotatable bonds is 4. The van der Waals surface area contributed by atoms with Gasteiger partial charge in [-0.1, -0.05) is 30.3 Å². The zero-order valence-corrected chi connectivity index (χ0v) is 18.7. The van der Waals surface area contributed by atoms with Crippen LogP contribution in [0, 0.1) is 5.82 Å². The Morgan fingerprint density at radius 1 is 0.941 bits per heavy atom. The number of carbonyl (C=O) groups is 1. The summed E-state index contributed by atoms with van der Waals surface area (Å²) in [5.41, 5.74) is 4.04. The molecule has 4 aromatic rings. The van der Waals surface area contributed by atoms with Gasteiger partial charge in [-0.2, -0.15) is 0 Å². The van der Waals surface area contributed by atoms with E-state index in [4.69, 9.17) is 9.47 Å². The molecule has 0 atom stereocenters. The van der Waals surface area contributed by atoms with E-state index in [0.717, 1.165) is 23.9 Å². The smallest absolute Gasteiger partial charge is 0.253 e. The predicted molar refractivity (Wildman–Crippen MR) is 128 cm³/mol. The van der Waals surface area contributed by atoms with Gasteiger partial charge < -0.3 is 18.9 Å². The van der Waals surface area contributed by atoms with E-state index in [2.05, 4.69) is 29.0 Å². The van der Waals surface area contributed by atoms with Crippen LogP contribution in [0.3, 0.4) is 0 Å². The number of hydrogen-bond acceptors (Lipinski definition) is 3. The normalized spacial score (nSPS) is 15.7. The first-order valence-electron chi connectivity index (χ1n) is 11.7. The Kier molecular flexibility index (Phi) is 5.21. The molecule has 1 saturated heterocycles. The van der Waals surface area contributed by atoms with Crippen LogP contribution in [0.15, 0.2) is 72.9 Å². The summed E-state index contributed by atoms with van der Waals surface area (Å²) in [6, 6.07) is 20.6. The maximum Gasteiger partial charge on any atom is 0.253 e. The molecule has 6 heteroatoms. The van der Waals surface area contributed by atoms with Gasteiger partial charge in [-0.15, -0.1) is 0 Å². The minimum atomic E-state index is -0.214. The molecule has 6 rings (SSSR count). The number of hydrogen-bond donors (Lipinski definition) is 0. The number of likely N-dealkylation sites (tertiary alicyclic amines) is 1. The van der Waals surface area contributed by atoms with Gasteiger partial charge in [0.1, 0.15) is 5.82 Å². The van der Waals surface area contributed by atoms with Crippen molar-refractivity contribution in [3.8, 4) is 11.5 Å². The van der Waals surface area contributed by atoms with Crippen molar-refractivity contribution in [1.82, 2.24) is 9.47 Å². The summed E-state index contributed by atoms with van der Waals surface area (Å²) in [7, 11) is 0. The Hall–Kier alpha value is -3.80. The van der Waals surface area contributed by atoms with Crippen molar-refractivity contribution in [3.05, 3.63) is 95.4 Å². The van der Waals surface area contributed by atoms with Gasteiger partial charge in [-0.05, 0) is 66.3 Å². The molecule has 0 unspecified atom stereocenters. The number of fused-ring (bicyclic) bond motifs is 2. The molecule has 0 spiro atoms. The van der Waals surface area contributed by atoms with E-state index in [-0.39, 0.29) is 18.5 Å². The lowest BCUT2D eigenvalue weighted by Crippen LogP contribution is -2.37. The number of para-hydroxylation sites is 1. The van der Waals surface area contributed by atoms with Gasteiger partial charge in [-0.25, -0.2) is 4.39 Å². The van der Waals surface area contributed by atoms with Crippen molar-refractivity contribution in [2.45, 2.75) is 25.3 Å². The number of piperidine rings is 1. The second kappa shape index (κ2) is 8.52. The molecule has 172 valence electrons. The molecular formula is C28H25FN2O3. The third kappa shape index (κ3) is 3.79. The molecule has 0 saturated carbocycles. The van der Waals surface area contributed by atoms with Crippen molar-refractivity contribution in [3.63, 3.8) is 0 Å². The van der Waals surface area contributed by atoms with Crippen LogP contribution in [0.25, 0.3) is 10.9 Å². The van der Waals surface area contributed by atoms with Crippen molar-refractivity contribution >= 4 is 16.8 Å². The molecule has 0 N–H and O–H groups in total. The third-order valence-electron chi connectivity index (χ3n) is 6.90. The lowest BCUT2D eigenvalue weighted by atomic mass is 9.89. The minimum Gasteiger partial charge on any atom is -0.454 e. The third-order valence-corrected chi connectivity index (χ3v) is 6.90. The molecule has 5 nitrogen and oxygen atoms in total. The number of benzene rings is 3. The van der Waals surface area contributed by atoms with Gasteiger partial charge in [0.25, 0.3) is 5.91 Å². The Morgan fingerprint density at radius 2 is 1.76 bits per heavy atom. The molecule has 1 fully saturated rings. The molecule has 1 aromatic heterocycles. The Morgan fingerprint density at radius 3 is 2.62 bits per heavy atom. The Balaban J connectivity index is 1.20. The fourth-order valence-electron chi connectivity index (χ4n) is 5.17. The second-order valence-corrected chi connectivity index (χ2v) is 8.99. The van der Waals surface area contributed by atoms with Gasteiger partial charge in [0, 0.05) is 42.3 Å². The standard InChI is InChI=1S/C28H25FN2O3/c29-22-5-3-4-19(14-22)16-31-17-24(23-6-1-2-7-25(23)31)20-10-12-30(13-11-20)28(32)21-8-9-26-27(15-21)34-18-33-26/h1-9,14-15,17,20H,10-13,16,18H2. The second-order valence-electron chi connectivity index (χ2n) is 8.99. The molecule has 1 amide bonds. The molecule has 2 aliphatic heterocycles. The van der Waals surface area contributed by atoms with Crippen LogP contribution < -0.4 is 9.47 Å². The van der Waals surface area contributed by atoms with Gasteiger partial charge in [-0.3, -0.25) is 4.79 Å². The molecule has 2 aliphatic rings. The first-order chi connectivity index (χ1) is 16.7. The van der Waals surface area contributed by atoms with Gasteiger partial charge >= 0.3 is 0 Å². The largest absolute Gasteiger partial charge is 0.454 e. The summed E-state index contributed by atoms with van der Waals surface area (Å²) in [4.78, 5) is 15.0. The van der Waals surface area contributed by atoms with Crippen LogP contribution >= 0.6 is 0 Å². The molecule has 0 aliphatic carbocycles. The fourth-order valence-corrected chi connectivity index (χ4v) is 5.17. The lowest BCUT2D eigenvalue weighted by molar-refractivity contribution is 0.0713. The zero-order chi connectivity index (χ0) is 23.1. The number of aromatic nitrogens is 1. The number of halogens is 1. The van der Waals surface area contributed by atoms with E-state index in [1.165, 1.54) is 17.0 Å². The molecule has 3 aromatic carbocycles. The highest BCUT2D eigenvalue weighted by Crippen LogP contribution is 2.36. The molecule has 0 radical (unpaired) electrons. The average molecular weight is 457 g/mol. The number of ether oxygens (including phenoxy) is 2. The van der Waals surface area contributed by atoms with Crippen LogP contribution in [-0.4, -0.2) is 35.3 Å². The number of nitrogens with zero attached hydrogens (tertiary/aromatic N) is 2. The summed E-state index contributed by atoms with van der Waals surface area (Å²) in [6.07, 6.45) is 4.03. The lowest BCUT2D eigenvalue weighted by Gasteiger charge is -2.32. The summed E-state index contributed by atoms with van der Waals surface area (Å²) in [6.45, 7) is 2.24. The highest BCUT2D eigenvalue weighted by Gasteiger charge is 2.27. The van der Waals surface area contributed by atoms with Crippen molar-refractivity contribution < 1.29 is 18.7 Å². The first kappa shape index (κ1) is 20.8. The zero-order valence-electron chi connectivity index (χ0n) is 18.7. The molecule has 0 bridgehead atoms. The van der Waals surface area contributed by atoms with E-state index >= 15 is 0 Å². The summed E-state index contributed by atoms with van der Waals surface area (Å²) < 4.78 is 26.7. The SMILES string of the molecule is O=C(c1ccc2c(c1)OCO2)N1CCC(c2cn(Cc3cccc(F)c3)c3ccccc23)CC1. The van der Waals surface area contributed by atoms with E-state index in [1.54, 1.807) is 24.3 Å². The number of carbonyl (C=O) groups excluding carboxylic acids is 1. The van der Waals surface area contributed by atoms with Crippen LogP contribution in [0.4, 0.5) is 4.39 Å². The molecule has 34 heavy (non-hydrogen) atoms. The monoisotopic (exact) mass is 456 g/mol. The van der Waals surface area contributed by atoms with Crippen LogP contribution in [-0.2, 0) is 6.54 Å².